The normalized spacial score (nSPS) is 20.7. The van der Waals surface area contributed by atoms with Crippen LogP contribution in [-0.4, -0.2) is 23.2 Å². The predicted molar refractivity (Wildman–Crippen MR) is 79.5 cm³/mol. The molecule has 0 saturated carbocycles. The minimum Gasteiger partial charge on any atom is -0.356 e. The van der Waals surface area contributed by atoms with Crippen molar-refractivity contribution >= 4 is 0 Å². The van der Waals surface area contributed by atoms with E-state index in [-0.39, 0.29) is 5.69 Å². The van der Waals surface area contributed by atoms with Gasteiger partial charge in [-0.2, -0.15) is 0 Å². The van der Waals surface area contributed by atoms with E-state index in [0.717, 1.165) is 5.56 Å². The molecule has 2 aromatic rings. The van der Waals surface area contributed by atoms with Gasteiger partial charge in [-0.1, -0.05) is 36.4 Å². The van der Waals surface area contributed by atoms with Crippen molar-refractivity contribution in [2.45, 2.75) is 24.1 Å². The molecule has 1 fully saturated rings. The third-order valence-electron chi connectivity index (χ3n) is 4.42. The number of alkyl halides is 1. The number of benzene rings is 1. The van der Waals surface area contributed by atoms with E-state index in [1.807, 2.05) is 30.3 Å². The number of aromatic nitrogens is 1. The average Bonchev–Trinajstić information content (AvgIpc) is 2.57. The van der Waals surface area contributed by atoms with Gasteiger partial charge in [-0.3, -0.25) is 4.98 Å². The van der Waals surface area contributed by atoms with Gasteiger partial charge in [0.05, 0.1) is 5.41 Å². The number of piperidine rings is 1. The maximum atomic E-state index is 15.5. The molecule has 1 aromatic heterocycles. The van der Waals surface area contributed by atoms with Crippen LogP contribution in [-0.2, 0) is 11.3 Å². The van der Waals surface area contributed by atoms with Crippen LogP contribution in [0.3, 0.4) is 0 Å². The topological polar surface area (TPSA) is 45.2 Å². The van der Waals surface area contributed by atoms with Crippen LogP contribution >= 0.6 is 0 Å². The Morgan fingerprint density at radius 3 is 2.33 bits per heavy atom. The Labute approximate surface area is 123 Å². The maximum absolute atomic E-state index is 15.5. The summed E-state index contributed by atoms with van der Waals surface area (Å²) < 4.78 is 15.5. The fourth-order valence-corrected chi connectivity index (χ4v) is 3.23. The first-order valence-corrected chi connectivity index (χ1v) is 7.26. The fourth-order valence-electron chi connectivity index (χ4n) is 3.23. The molecule has 1 saturated heterocycles. The number of pyridine rings is 1. The van der Waals surface area contributed by atoms with Crippen molar-refractivity contribution in [1.82, 2.24) is 10.3 Å². The second kappa shape index (κ2) is 5.54. The van der Waals surface area contributed by atoms with Gasteiger partial charge in [0.2, 0.25) is 0 Å². The monoisotopic (exact) mass is 286 g/mol. The van der Waals surface area contributed by atoms with E-state index in [2.05, 4.69) is 10.3 Å². The summed E-state index contributed by atoms with van der Waals surface area (Å²) >= 11 is 0. The van der Waals surface area contributed by atoms with Crippen molar-refractivity contribution in [2.75, 3.05) is 13.1 Å². The lowest BCUT2D eigenvalue weighted by Gasteiger charge is -2.45. The molecule has 21 heavy (non-hydrogen) atoms. The predicted octanol–water partition coefficient (Wildman–Crippen LogP) is 2.52. The molecule has 0 aliphatic carbocycles. The number of hydrogen-bond donors (Lipinski definition) is 2. The van der Waals surface area contributed by atoms with Crippen LogP contribution in [0.4, 0.5) is 4.39 Å². The van der Waals surface area contributed by atoms with Crippen LogP contribution in [0, 0.1) is 0 Å². The van der Waals surface area contributed by atoms with E-state index in [1.165, 1.54) is 6.20 Å². The third-order valence-corrected chi connectivity index (χ3v) is 4.42. The second-order valence-corrected chi connectivity index (χ2v) is 5.54. The highest BCUT2D eigenvalue weighted by atomic mass is 19.2. The van der Waals surface area contributed by atoms with Crippen molar-refractivity contribution in [1.29, 1.82) is 0 Å². The first-order chi connectivity index (χ1) is 10.2. The molecule has 1 atom stereocenters. The van der Waals surface area contributed by atoms with Crippen molar-refractivity contribution in [3.8, 4) is 0 Å². The quantitative estimate of drug-likeness (QED) is 0.911. The highest BCUT2D eigenvalue weighted by molar-refractivity contribution is 5.33. The van der Waals surface area contributed by atoms with E-state index < -0.39 is 11.3 Å². The molecule has 1 aromatic carbocycles. The SMILES string of the molecule is OC(F)(c1ccccn1)C1(c2ccccc2)CCNCC1. The molecule has 3 rings (SSSR count). The van der Waals surface area contributed by atoms with Crippen LogP contribution < -0.4 is 5.32 Å². The van der Waals surface area contributed by atoms with Gasteiger partial charge < -0.3 is 10.4 Å². The summed E-state index contributed by atoms with van der Waals surface area (Å²) in [6.45, 7) is 1.35. The zero-order valence-corrected chi connectivity index (χ0v) is 11.8. The summed E-state index contributed by atoms with van der Waals surface area (Å²) in [5.41, 5.74) is -0.0636. The Balaban J connectivity index is 2.12. The maximum Gasteiger partial charge on any atom is 0.259 e. The molecule has 1 aliphatic rings. The van der Waals surface area contributed by atoms with Crippen LogP contribution in [0.15, 0.2) is 54.7 Å². The molecule has 0 amide bonds. The third kappa shape index (κ3) is 2.34. The molecule has 2 N–H and O–H groups in total. The van der Waals surface area contributed by atoms with Gasteiger partial charge in [0.25, 0.3) is 5.85 Å². The lowest BCUT2D eigenvalue weighted by atomic mass is 9.66. The van der Waals surface area contributed by atoms with Gasteiger partial charge in [0, 0.05) is 6.20 Å². The highest BCUT2D eigenvalue weighted by Crippen LogP contribution is 2.48. The molecule has 1 aliphatic heterocycles. The standard InChI is InChI=1S/C17H19FN2O/c18-17(21,15-8-4-5-11-20-15)16(9-12-19-13-10-16)14-6-2-1-3-7-14/h1-8,11,19,21H,9-10,12-13H2. The summed E-state index contributed by atoms with van der Waals surface area (Å²) in [4.78, 5) is 4.05. The van der Waals surface area contributed by atoms with E-state index in [9.17, 15) is 5.11 Å². The molecular weight excluding hydrogens is 267 g/mol. The van der Waals surface area contributed by atoms with Gasteiger partial charge >= 0.3 is 0 Å². The lowest BCUT2D eigenvalue weighted by Crippen LogP contribution is -2.52. The Kier molecular flexibility index (Phi) is 3.74. The van der Waals surface area contributed by atoms with E-state index in [0.29, 0.717) is 25.9 Å². The van der Waals surface area contributed by atoms with Crippen molar-refractivity contribution < 1.29 is 9.50 Å². The van der Waals surface area contributed by atoms with Gasteiger partial charge in [-0.05, 0) is 43.6 Å². The lowest BCUT2D eigenvalue weighted by molar-refractivity contribution is -0.172. The number of rotatable bonds is 3. The first-order valence-electron chi connectivity index (χ1n) is 7.26. The number of hydrogen-bond acceptors (Lipinski definition) is 3. The molecule has 0 bridgehead atoms. The van der Waals surface area contributed by atoms with Gasteiger partial charge in [-0.15, -0.1) is 0 Å². The van der Waals surface area contributed by atoms with Gasteiger partial charge in [0.1, 0.15) is 5.69 Å². The first kappa shape index (κ1) is 14.2. The van der Waals surface area contributed by atoms with Crippen LogP contribution in [0.2, 0.25) is 0 Å². The van der Waals surface area contributed by atoms with E-state index in [1.54, 1.807) is 18.2 Å². The largest absolute Gasteiger partial charge is 0.356 e. The Bertz CT molecular complexity index is 580. The number of aliphatic hydroxyl groups is 1. The highest BCUT2D eigenvalue weighted by Gasteiger charge is 2.54. The molecule has 110 valence electrons. The van der Waals surface area contributed by atoms with Crippen molar-refractivity contribution in [2.24, 2.45) is 0 Å². The molecular formula is C17H19FN2O. The molecule has 1 unspecified atom stereocenters. The van der Waals surface area contributed by atoms with Crippen molar-refractivity contribution in [3.63, 3.8) is 0 Å². The van der Waals surface area contributed by atoms with Crippen LogP contribution in [0.25, 0.3) is 0 Å². The van der Waals surface area contributed by atoms with Gasteiger partial charge in [0.15, 0.2) is 0 Å². The Hall–Kier alpha value is -1.78. The molecule has 4 heteroatoms. The summed E-state index contributed by atoms with van der Waals surface area (Å²) in [6, 6.07) is 14.4. The number of halogens is 1. The average molecular weight is 286 g/mol. The van der Waals surface area contributed by atoms with E-state index >= 15 is 4.39 Å². The zero-order valence-electron chi connectivity index (χ0n) is 11.8. The summed E-state index contributed by atoms with van der Waals surface area (Å²) in [5.74, 6) is -2.49. The summed E-state index contributed by atoms with van der Waals surface area (Å²) in [5, 5.41) is 14.0. The number of nitrogens with zero attached hydrogens (tertiary/aromatic N) is 1. The molecule has 3 nitrogen and oxygen atoms in total. The minimum absolute atomic E-state index is 0.0794. The fraction of sp³-hybridized carbons (Fsp3) is 0.353. The Morgan fingerprint density at radius 2 is 1.71 bits per heavy atom. The van der Waals surface area contributed by atoms with Crippen molar-refractivity contribution in [3.05, 3.63) is 66.0 Å². The zero-order chi connectivity index (χ0) is 14.8. The summed E-state index contributed by atoms with van der Waals surface area (Å²) in [7, 11) is 0. The number of nitrogens with one attached hydrogen (secondary N) is 1. The van der Waals surface area contributed by atoms with E-state index in [4.69, 9.17) is 0 Å². The van der Waals surface area contributed by atoms with Crippen LogP contribution in [0.1, 0.15) is 24.1 Å². The second-order valence-electron chi connectivity index (χ2n) is 5.54. The van der Waals surface area contributed by atoms with Crippen LogP contribution in [0.5, 0.6) is 0 Å². The summed E-state index contributed by atoms with van der Waals surface area (Å²) in [6.07, 6.45) is 2.57. The minimum atomic E-state index is -2.49. The van der Waals surface area contributed by atoms with Gasteiger partial charge in [-0.25, -0.2) is 4.39 Å². The smallest absolute Gasteiger partial charge is 0.259 e. The molecule has 0 spiro atoms. The molecule has 0 radical (unpaired) electrons. The molecule has 2 heterocycles. The Morgan fingerprint density at radius 1 is 1.05 bits per heavy atom.